The van der Waals surface area contributed by atoms with Crippen molar-refractivity contribution < 1.29 is 0 Å². The second-order valence-electron chi connectivity index (χ2n) is 6.62. The third-order valence-corrected chi connectivity index (χ3v) is 5.98. The van der Waals surface area contributed by atoms with Crippen molar-refractivity contribution in [1.29, 1.82) is 0 Å². The summed E-state index contributed by atoms with van der Waals surface area (Å²) in [4.78, 5) is 2.73. The molecule has 2 heterocycles. The molecule has 0 amide bonds. The molecule has 0 bridgehead atoms. The van der Waals surface area contributed by atoms with Gasteiger partial charge in [0.2, 0.25) is 0 Å². The lowest BCUT2D eigenvalue weighted by Crippen LogP contribution is -2.63. The summed E-state index contributed by atoms with van der Waals surface area (Å²) in [6, 6.07) is 0.700. The summed E-state index contributed by atoms with van der Waals surface area (Å²) in [5.74, 6) is 0.913. The Kier molecular flexibility index (Phi) is 3.71. The van der Waals surface area contributed by atoms with Crippen LogP contribution in [-0.2, 0) is 6.54 Å². The van der Waals surface area contributed by atoms with E-state index in [1.807, 2.05) is 11.3 Å². The van der Waals surface area contributed by atoms with E-state index < -0.39 is 0 Å². The van der Waals surface area contributed by atoms with Crippen LogP contribution in [0.3, 0.4) is 0 Å². The molecule has 3 rings (SSSR count). The van der Waals surface area contributed by atoms with Crippen LogP contribution in [0, 0.1) is 12.8 Å². The molecule has 2 atom stereocenters. The third-order valence-electron chi connectivity index (χ3n) is 5.07. The van der Waals surface area contributed by atoms with Crippen molar-refractivity contribution >= 4 is 11.3 Å². The fourth-order valence-corrected chi connectivity index (χ4v) is 4.28. The Morgan fingerprint density at radius 1 is 1.42 bits per heavy atom. The second-order valence-corrected chi connectivity index (χ2v) is 7.36. The molecular weight excluding hydrogens is 252 g/mol. The fourth-order valence-electron chi connectivity index (χ4n) is 3.44. The molecule has 0 spiro atoms. The molecule has 2 fully saturated rings. The van der Waals surface area contributed by atoms with E-state index in [0.717, 1.165) is 19.0 Å². The first-order chi connectivity index (χ1) is 9.12. The molecule has 1 aliphatic heterocycles. The average Bonchev–Trinajstić information content (AvgIpc) is 3.17. The number of nitrogens with zero attached hydrogens (tertiary/aromatic N) is 1. The Balaban J connectivity index is 1.73. The summed E-state index contributed by atoms with van der Waals surface area (Å²) in [5.41, 5.74) is 3.35. The molecule has 1 saturated carbocycles. The zero-order valence-corrected chi connectivity index (χ0v) is 13.2. The molecule has 0 radical (unpaired) electrons. The van der Waals surface area contributed by atoms with Gasteiger partial charge in [-0.3, -0.25) is 4.90 Å². The zero-order valence-electron chi connectivity index (χ0n) is 12.4. The number of aryl methyl sites for hydroxylation is 1. The van der Waals surface area contributed by atoms with Crippen molar-refractivity contribution in [3.05, 3.63) is 21.9 Å². The number of hydrogen-bond donors (Lipinski definition) is 1. The van der Waals surface area contributed by atoms with E-state index in [1.54, 1.807) is 0 Å². The predicted octanol–water partition coefficient (Wildman–Crippen LogP) is 3.41. The molecule has 1 aromatic rings. The van der Waals surface area contributed by atoms with Gasteiger partial charge >= 0.3 is 0 Å². The smallest absolute Gasteiger partial charge is 0.0309 e. The quantitative estimate of drug-likeness (QED) is 0.908. The van der Waals surface area contributed by atoms with Crippen molar-refractivity contribution in [1.82, 2.24) is 10.2 Å². The predicted molar refractivity (Wildman–Crippen MR) is 82.7 cm³/mol. The van der Waals surface area contributed by atoms with Crippen molar-refractivity contribution in [3.8, 4) is 0 Å². The number of rotatable bonds is 4. The molecular formula is C16H26N2S. The van der Waals surface area contributed by atoms with Crippen LogP contribution in [0.2, 0.25) is 0 Å². The summed E-state index contributed by atoms with van der Waals surface area (Å²) in [6.07, 6.45) is 4.09. The highest BCUT2D eigenvalue weighted by Crippen LogP contribution is 2.41. The van der Waals surface area contributed by atoms with Gasteiger partial charge in [-0.2, -0.15) is 11.3 Å². The second kappa shape index (κ2) is 5.19. The van der Waals surface area contributed by atoms with Crippen molar-refractivity contribution in [2.24, 2.45) is 5.92 Å². The van der Waals surface area contributed by atoms with Crippen molar-refractivity contribution in [2.75, 3.05) is 13.1 Å². The molecule has 2 aliphatic rings. The lowest BCUT2D eigenvalue weighted by molar-refractivity contribution is 0.0665. The zero-order chi connectivity index (χ0) is 13.5. The van der Waals surface area contributed by atoms with Gasteiger partial charge in [0.1, 0.15) is 0 Å². The lowest BCUT2D eigenvalue weighted by Gasteiger charge is -2.46. The van der Waals surface area contributed by atoms with Gasteiger partial charge in [-0.25, -0.2) is 0 Å². The number of nitrogens with one attached hydrogen (secondary N) is 1. The van der Waals surface area contributed by atoms with Crippen molar-refractivity contribution in [3.63, 3.8) is 0 Å². The molecule has 1 aromatic heterocycles. The van der Waals surface area contributed by atoms with Crippen LogP contribution in [0.25, 0.3) is 0 Å². The molecule has 2 nitrogen and oxygen atoms in total. The average molecular weight is 278 g/mol. The van der Waals surface area contributed by atoms with E-state index in [9.17, 15) is 0 Å². The molecule has 2 unspecified atom stereocenters. The highest BCUT2D eigenvalue weighted by atomic mass is 32.1. The Morgan fingerprint density at radius 3 is 2.79 bits per heavy atom. The molecule has 1 N–H and O–H groups in total. The van der Waals surface area contributed by atoms with Gasteiger partial charge in [0, 0.05) is 31.2 Å². The first-order valence-corrected chi connectivity index (χ1v) is 8.57. The highest BCUT2D eigenvalue weighted by molar-refractivity contribution is 7.08. The topological polar surface area (TPSA) is 15.3 Å². The van der Waals surface area contributed by atoms with Crippen LogP contribution in [0.4, 0.5) is 0 Å². The Hall–Kier alpha value is -0.380. The van der Waals surface area contributed by atoms with E-state index in [2.05, 4.69) is 41.7 Å². The molecule has 3 heteroatoms. The largest absolute Gasteiger partial charge is 0.308 e. The molecule has 0 aromatic carbocycles. The summed E-state index contributed by atoms with van der Waals surface area (Å²) in [5, 5.41) is 8.45. The van der Waals surface area contributed by atoms with Gasteiger partial charge in [-0.15, -0.1) is 0 Å². The number of thiophene rings is 1. The van der Waals surface area contributed by atoms with Gasteiger partial charge in [-0.1, -0.05) is 6.92 Å². The SMILES string of the molecule is CCC1CNC(C)(C2CC2)CN1Cc1cscc1C. The van der Waals surface area contributed by atoms with Gasteiger partial charge in [0.05, 0.1) is 0 Å². The van der Waals surface area contributed by atoms with E-state index >= 15 is 0 Å². The normalized spacial score (nSPS) is 32.7. The maximum Gasteiger partial charge on any atom is 0.0309 e. The molecule has 1 saturated heterocycles. The Morgan fingerprint density at radius 2 is 2.21 bits per heavy atom. The van der Waals surface area contributed by atoms with Crippen LogP contribution >= 0.6 is 11.3 Å². The molecule has 19 heavy (non-hydrogen) atoms. The monoisotopic (exact) mass is 278 g/mol. The minimum atomic E-state index is 0.357. The van der Waals surface area contributed by atoms with Crippen LogP contribution in [0.15, 0.2) is 10.8 Å². The first-order valence-electron chi connectivity index (χ1n) is 7.63. The van der Waals surface area contributed by atoms with Crippen LogP contribution in [0.1, 0.15) is 44.2 Å². The maximum absolute atomic E-state index is 3.84. The molecule has 106 valence electrons. The number of piperazine rings is 1. The highest BCUT2D eigenvalue weighted by Gasteiger charge is 2.45. The van der Waals surface area contributed by atoms with Gasteiger partial charge in [0.25, 0.3) is 0 Å². The first kappa shape index (κ1) is 13.6. The standard InChI is InChI=1S/C16H26N2S/c1-4-15-7-17-16(3,14-5-6-14)11-18(15)8-13-10-19-9-12(13)2/h9-10,14-15,17H,4-8,11H2,1-3H3. The van der Waals surface area contributed by atoms with Gasteiger partial charge < -0.3 is 5.32 Å². The van der Waals surface area contributed by atoms with Crippen molar-refractivity contribution in [2.45, 2.75) is 58.2 Å². The van der Waals surface area contributed by atoms with E-state index in [4.69, 9.17) is 0 Å². The van der Waals surface area contributed by atoms with Gasteiger partial charge in [0.15, 0.2) is 0 Å². The summed E-state index contributed by atoms with van der Waals surface area (Å²) in [7, 11) is 0. The summed E-state index contributed by atoms with van der Waals surface area (Å²) >= 11 is 1.84. The Labute approximate surface area is 121 Å². The molecule has 1 aliphatic carbocycles. The maximum atomic E-state index is 3.84. The minimum absolute atomic E-state index is 0.357. The number of hydrogen-bond acceptors (Lipinski definition) is 3. The van der Waals surface area contributed by atoms with E-state index in [1.165, 1.54) is 36.9 Å². The van der Waals surface area contributed by atoms with Crippen LogP contribution < -0.4 is 5.32 Å². The van der Waals surface area contributed by atoms with Crippen LogP contribution in [-0.4, -0.2) is 29.6 Å². The third kappa shape index (κ3) is 2.74. The minimum Gasteiger partial charge on any atom is -0.308 e. The summed E-state index contributed by atoms with van der Waals surface area (Å²) in [6.45, 7) is 10.5. The summed E-state index contributed by atoms with van der Waals surface area (Å²) < 4.78 is 0. The van der Waals surface area contributed by atoms with Gasteiger partial charge in [-0.05, 0) is 60.9 Å². The Bertz CT molecular complexity index is 438. The van der Waals surface area contributed by atoms with E-state index in [-0.39, 0.29) is 0 Å². The van der Waals surface area contributed by atoms with E-state index in [0.29, 0.717) is 11.6 Å². The lowest BCUT2D eigenvalue weighted by atomic mass is 9.90. The van der Waals surface area contributed by atoms with Crippen LogP contribution in [0.5, 0.6) is 0 Å². The fraction of sp³-hybridized carbons (Fsp3) is 0.750.